The van der Waals surface area contributed by atoms with Crippen molar-refractivity contribution >= 4 is 11.9 Å². The first-order chi connectivity index (χ1) is 9.94. The number of hydrogen-bond acceptors (Lipinski definition) is 6. The second-order valence-corrected chi connectivity index (χ2v) is 3.98. The van der Waals surface area contributed by atoms with Gasteiger partial charge in [-0.2, -0.15) is 0 Å². The summed E-state index contributed by atoms with van der Waals surface area (Å²) in [7, 11) is 4.25. The molecule has 1 aromatic carbocycles. The minimum atomic E-state index is -1.67. The number of amides is 1. The summed E-state index contributed by atoms with van der Waals surface area (Å²) in [4.78, 5) is 22.4. The molecule has 1 atom stereocenters. The van der Waals surface area contributed by atoms with E-state index in [2.05, 4.69) is 5.32 Å². The minimum Gasteiger partial charge on any atom is -0.493 e. The van der Waals surface area contributed by atoms with Crippen LogP contribution in [0.3, 0.4) is 0 Å². The van der Waals surface area contributed by atoms with Gasteiger partial charge in [-0.25, -0.2) is 4.79 Å². The lowest BCUT2D eigenvalue weighted by atomic mass is 10.1. The average Bonchev–Trinajstić information content (AvgIpc) is 2.50. The molecule has 8 nitrogen and oxygen atoms in total. The van der Waals surface area contributed by atoms with Gasteiger partial charge < -0.3 is 29.7 Å². The van der Waals surface area contributed by atoms with Crippen molar-refractivity contribution in [3.63, 3.8) is 0 Å². The van der Waals surface area contributed by atoms with Gasteiger partial charge in [0.15, 0.2) is 17.6 Å². The normalized spacial score (nSPS) is 11.4. The van der Waals surface area contributed by atoms with E-state index < -0.39 is 24.5 Å². The Hall–Kier alpha value is -2.48. The summed E-state index contributed by atoms with van der Waals surface area (Å²) in [6, 6.07) is 2.84. The number of aliphatic hydroxyl groups is 1. The third-order valence-corrected chi connectivity index (χ3v) is 2.67. The molecule has 3 N–H and O–H groups in total. The number of carboxylic acid groups (broad SMARTS) is 1. The molecule has 0 bridgehead atoms. The first-order valence-electron chi connectivity index (χ1n) is 5.93. The van der Waals surface area contributed by atoms with E-state index in [1.807, 2.05) is 0 Å². The number of carbonyl (C=O) groups is 2. The largest absolute Gasteiger partial charge is 0.493 e. The van der Waals surface area contributed by atoms with Crippen molar-refractivity contribution in [2.45, 2.75) is 6.10 Å². The van der Waals surface area contributed by atoms with Gasteiger partial charge in [0.1, 0.15) is 0 Å². The Morgan fingerprint density at radius 2 is 1.67 bits per heavy atom. The number of ether oxygens (including phenoxy) is 3. The number of aliphatic hydroxyl groups excluding tert-OH is 1. The number of rotatable bonds is 7. The van der Waals surface area contributed by atoms with Crippen molar-refractivity contribution in [3.8, 4) is 17.2 Å². The maximum absolute atomic E-state index is 11.9. The average molecular weight is 299 g/mol. The highest BCUT2D eigenvalue weighted by molar-refractivity contribution is 5.95. The predicted octanol–water partition coefficient (Wildman–Crippen LogP) is -0.112. The van der Waals surface area contributed by atoms with Crippen LogP contribution >= 0.6 is 0 Å². The predicted molar refractivity (Wildman–Crippen MR) is 72.1 cm³/mol. The zero-order valence-corrected chi connectivity index (χ0v) is 11.9. The fraction of sp³-hybridized carbons (Fsp3) is 0.385. The van der Waals surface area contributed by atoms with Crippen LogP contribution < -0.4 is 19.5 Å². The molecule has 0 saturated heterocycles. The summed E-state index contributed by atoms with van der Waals surface area (Å²) in [6.07, 6.45) is -1.67. The van der Waals surface area contributed by atoms with E-state index in [1.54, 1.807) is 0 Å². The van der Waals surface area contributed by atoms with E-state index in [1.165, 1.54) is 33.5 Å². The number of hydrogen-bond donors (Lipinski definition) is 3. The fourth-order valence-electron chi connectivity index (χ4n) is 1.59. The smallest absolute Gasteiger partial charge is 0.334 e. The van der Waals surface area contributed by atoms with Gasteiger partial charge in [0.2, 0.25) is 5.75 Å². The SMILES string of the molecule is COc1cc(C(=O)NC[C@H](O)C(=O)O)cc(OC)c1OC. The molecular formula is C13H17NO7. The second-order valence-electron chi connectivity index (χ2n) is 3.98. The minimum absolute atomic E-state index is 0.182. The van der Waals surface area contributed by atoms with Crippen molar-refractivity contribution in [2.24, 2.45) is 0 Å². The quantitative estimate of drug-likeness (QED) is 0.643. The number of benzene rings is 1. The number of nitrogens with one attached hydrogen (secondary N) is 1. The summed E-state index contributed by atoms with van der Waals surface area (Å²) in [6.45, 7) is -0.412. The number of carboxylic acids is 1. The van der Waals surface area contributed by atoms with E-state index in [0.717, 1.165) is 0 Å². The van der Waals surface area contributed by atoms with Crippen LogP contribution in [-0.2, 0) is 4.79 Å². The van der Waals surface area contributed by atoms with E-state index >= 15 is 0 Å². The van der Waals surface area contributed by atoms with E-state index in [0.29, 0.717) is 17.2 Å². The highest BCUT2D eigenvalue weighted by Crippen LogP contribution is 2.38. The third-order valence-electron chi connectivity index (χ3n) is 2.67. The molecule has 0 aromatic heterocycles. The highest BCUT2D eigenvalue weighted by Gasteiger charge is 2.19. The van der Waals surface area contributed by atoms with Crippen LogP contribution in [0.2, 0.25) is 0 Å². The van der Waals surface area contributed by atoms with Gasteiger partial charge in [0, 0.05) is 5.56 Å². The molecule has 0 aliphatic carbocycles. The summed E-state index contributed by atoms with van der Waals surface area (Å²) in [5.74, 6) is -1.07. The first-order valence-corrected chi connectivity index (χ1v) is 5.93. The Balaban J connectivity index is 2.97. The zero-order chi connectivity index (χ0) is 16.0. The summed E-state index contributed by atoms with van der Waals surface area (Å²) in [5, 5.41) is 20.0. The Kier molecular flexibility index (Phi) is 5.79. The summed E-state index contributed by atoms with van der Waals surface area (Å²) >= 11 is 0. The maximum Gasteiger partial charge on any atom is 0.334 e. The van der Waals surface area contributed by atoms with E-state index in [-0.39, 0.29) is 5.56 Å². The van der Waals surface area contributed by atoms with E-state index in [4.69, 9.17) is 24.4 Å². The van der Waals surface area contributed by atoms with Gasteiger partial charge >= 0.3 is 5.97 Å². The number of carbonyl (C=O) groups excluding carboxylic acids is 1. The molecule has 0 unspecified atom stereocenters. The molecule has 0 fully saturated rings. The van der Waals surface area contributed by atoms with Crippen molar-refractivity contribution in [1.29, 1.82) is 0 Å². The van der Waals surface area contributed by atoms with Crippen LogP contribution in [0.4, 0.5) is 0 Å². The molecule has 0 saturated carbocycles. The molecule has 1 aromatic rings. The molecule has 116 valence electrons. The molecule has 21 heavy (non-hydrogen) atoms. The highest BCUT2D eigenvalue weighted by atomic mass is 16.5. The van der Waals surface area contributed by atoms with Crippen molar-refractivity contribution in [1.82, 2.24) is 5.32 Å². The Bertz CT molecular complexity index is 504. The lowest BCUT2D eigenvalue weighted by molar-refractivity contribution is -0.146. The second kappa shape index (κ2) is 7.34. The third kappa shape index (κ3) is 3.99. The van der Waals surface area contributed by atoms with Gasteiger partial charge in [-0.15, -0.1) is 0 Å². The molecule has 0 radical (unpaired) electrons. The monoisotopic (exact) mass is 299 g/mol. The molecule has 1 rings (SSSR count). The molecule has 0 spiro atoms. The molecule has 1 amide bonds. The van der Waals surface area contributed by atoms with Gasteiger partial charge in [0.05, 0.1) is 27.9 Å². The van der Waals surface area contributed by atoms with Gasteiger partial charge in [-0.05, 0) is 12.1 Å². The van der Waals surface area contributed by atoms with E-state index in [9.17, 15) is 9.59 Å². The summed E-state index contributed by atoms with van der Waals surface area (Å²) < 4.78 is 15.3. The Morgan fingerprint density at radius 3 is 2.05 bits per heavy atom. The Labute approximate surface area is 121 Å². The van der Waals surface area contributed by atoms with Crippen molar-refractivity contribution in [2.75, 3.05) is 27.9 Å². The van der Waals surface area contributed by atoms with Crippen molar-refractivity contribution < 1.29 is 34.0 Å². The van der Waals surface area contributed by atoms with Gasteiger partial charge in [0.25, 0.3) is 5.91 Å². The van der Waals surface area contributed by atoms with Gasteiger partial charge in [-0.1, -0.05) is 0 Å². The van der Waals surface area contributed by atoms with Crippen LogP contribution in [0, 0.1) is 0 Å². The summed E-state index contributed by atoms with van der Waals surface area (Å²) in [5.41, 5.74) is 0.182. The van der Waals surface area contributed by atoms with Crippen LogP contribution in [0.15, 0.2) is 12.1 Å². The number of aliphatic carboxylic acids is 1. The lowest BCUT2D eigenvalue weighted by Gasteiger charge is -2.14. The lowest BCUT2D eigenvalue weighted by Crippen LogP contribution is -2.36. The molecule has 8 heteroatoms. The molecule has 0 aliphatic heterocycles. The van der Waals surface area contributed by atoms with Gasteiger partial charge in [-0.3, -0.25) is 4.79 Å². The topological polar surface area (TPSA) is 114 Å². The zero-order valence-electron chi connectivity index (χ0n) is 11.9. The van der Waals surface area contributed by atoms with Crippen LogP contribution in [0.25, 0.3) is 0 Å². The van der Waals surface area contributed by atoms with Crippen LogP contribution in [0.5, 0.6) is 17.2 Å². The van der Waals surface area contributed by atoms with Crippen LogP contribution in [-0.4, -0.2) is 56.1 Å². The molecule has 0 aliphatic rings. The van der Waals surface area contributed by atoms with Crippen LogP contribution in [0.1, 0.15) is 10.4 Å². The fourth-order valence-corrected chi connectivity index (χ4v) is 1.59. The number of methoxy groups -OCH3 is 3. The van der Waals surface area contributed by atoms with Crippen molar-refractivity contribution in [3.05, 3.63) is 17.7 Å². The standard InChI is InChI=1S/C13H17NO7/c1-19-9-4-7(5-10(20-2)11(9)21-3)12(16)14-6-8(15)13(17)18/h4-5,8,15H,6H2,1-3H3,(H,14,16)(H,17,18)/t8-/m0/s1. The molecule has 0 heterocycles. The Morgan fingerprint density at radius 1 is 1.14 bits per heavy atom. The maximum atomic E-state index is 11.9. The first kappa shape index (κ1) is 16.6. The molecular weight excluding hydrogens is 282 g/mol.